The second kappa shape index (κ2) is 4.32. The molecule has 0 aliphatic rings. The van der Waals surface area contributed by atoms with Gasteiger partial charge in [0.05, 0.1) is 12.2 Å². The lowest BCUT2D eigenvalue weighted by molar-refractivity contribution is 0.0526. The summed E-state index contributed by atoms with van der Waals surface area (Å²) < 4.78 is 4.82. The fraction of sp³-hybridized carbons (Fsp3) is 0.182. The summed E-state index contributed by atoms with van der Waals surface area (Å²) in [5, 5.41) is 0. The Morgan fingerprint density at radius 1 is 1.62 bits per heavy atom. The van der Waals surface area contributed by atoms with Gasteiger partial charge in [0.15, 0.2) is 0 Å². The van der Waals surface area contributed by atoms with Crippen LogP contribution in [0.2, 0.25) is 0 Å². The average Bonchev–Trinajstić information content (AvgIpc) is 2.18. The van der Waals surface area contributed by atoms with E-state index in [-0.39, 0.29) is 5.97 Å². The minimum atomic E-state index is -0.334. The van der Waals surface area contributed by atoms with Gasteiger partial charge in [-0.15, -0.1) is 6.42 Å². The molecule has 0 bridgehead atoms. The van der Waals surface area contributed by atoms with Crippen LogP contribution in [-0.2, 0) is 4.74 Å². The van der Waals surface area contributed by atoms with Gasteiger partial charge in [-0.05, 0) is 25.1 Å². The van der Waals surface area contributed by atoms with E-state index in [1.165, 1.54) is 0 Å². The van der Waals surface area contributed by atoms with E-state index in [1.54, 1.807) is 31.2 Å². The molecule has 0 saturated carbocycles. The number of ether oxygens (including phenoxy) is 1. The third-order valence-corrected chi connectivity index (χ3v) is 1.54. The van der Waals surface area contributed by atoms with Crippen molar-refractivity contribution in [1.29, 1.82) is 0 Å². The lowest BCUT2D eigenvalue weighted by Gasteiger charge is -2.01. The molecule has 2 nitrogen and oxygen atoms in total. The van der Waals surface area contributed by atoms with E-state index in [2.05, 4.69) is 5.92 Å². The molecule has 0 aliphatic carbocycles. The summed E-state index contributed by atoms with van der Waals surface area (Å²) in [6.07, 6.45) is 5.19. The molecule has 0 radical (unpaired) electrons. The summed E-state index contributed by atoms with van der Waals surface area (Å²) in [6.45, 7) is 2.14. The van der Waals surface area contributed by atoms with E-state index in [0.717, 1.165) is 0 Å². The summed E-state index contributed by atoms with van der Waals surface area (Å²) in [5.74, 6) is 2.12. The summed E-state index contributed by atoms with van der Waals surface area (Å²) in [7, 11) is 0. The van der Waals surface area contributed by atoms with Gasteiger partial charge in [0.25, 0.3) is 0 Å². The van der Waals surface area contributed by atoms with Crippen LogP contribution in [0.25, 0.3) is 0 Å². The fourth-order valence-corrected chi connectivity index (χ4v) is 0.950. The Balaban J connectivity index is 2.90. The number of esters is 1. The van der Waals surface area contributed by atoms with Crippen LogP contribution in [0.3, 0.4) is 0 Å². The number of hydrogen-bond donors (Lipinski definition) is 0. The van der Waals surface area contributed by atoms with Gasteiger partial charge in [-0.3, -0.25) is 0 Å². The van der Waals surface area contributed by atoms with Gasteiger partial charge in [0, 0.05) is 5.56 Å². The maximum Gasteiger partial charge on any atom is 0.338 e. The maximum absolute atomic E-state index is 11.2. The zero-order valence-electron chi connectivity index (χ0n) is 7.41. The van der Waals surface area contributed by atoms with Crippen LogP contribution in [0.1, 0.15) is 22.8 Å². The molecule has 0 amide bonds. The van der Waals surface area contributed by atoms with Crippen LogP contribution in [0.5, 0.6) is 0 Å². The number of rotatable bonds is 2. The second-order valence-corrected chi connectivity index (χ2v) is 2.45. The Morgan fingerprint density at radius 2 is 2.38 bits per heavy atom. The van der Waals surface area contributed by atoms with E-state index in [0.29, 0.717) is 17.7 Å². The predicted molar refractivity (Wildman–Crippen MR) is 50.3 cm³/mol. The SMILES string of the molecule is C#Cc1cccc(C(=O)OCC)c1. The minimum absolute atomic E-state index is 0.334. The monoisotopic (exact) mass is 174 g/mol. The zero-order valence-corrected chi connectivity index (χ0v) is 7.41. The van der Waals surface area contributed by atoms with Crippen molar-refractivity contribution in [2.45, 2.75) is 6.92 Å². The largest absolute Gasteiger partial charge is 0.462 e. The molecule has 0 saturated heterocycles. The molecule has 66 valence electrons. The highest BCUT2D eigenvalue weighted by atomic mass is 16.5. The van der Waals surface area contributed by atoms with Gasteiger partial charge in [0.2, 0.25) is 0 Å². The molecule has 0 aliphatic heterocycles. The Labute approximate surface area is 77.5 Å². The molecular formula is C11H10O2. The summed E-state index contributed by atoms with van der Waals surface area (Å²) >= 11 is 0. The van der Waals surface area contributed by atoms with Crippen LogP contribution in [0, 0.1) is 12.3 Å². The van der Waals surface area contributed by atoms with E-state index in [4.69, 9.17) is 11.2 Å². The Hall–Kier alpha value is -1.75. The van der Waals surface area contributed by atoms with Crippen molar-refractivity contribution in [3.05, 3.63) is 35.4 Å². The summed E-state index contributed by atoms with van der Waals surface area (Å²) in [6, 6.07) is 6.82. The molecule has 1 aromatic rings. The third kappa shape index (κ3) is 2.34. The van der Waals surface area contributed by atoms with Gasteiger partial charge in [-0.25, -0.2) is 4.79 Å². The second-order valence-electron chi connectivity index (χ2n) is 2.45. The number of benzene rings is 1. The number of terminal acetylenes is 1. The van der Waals surface area contributed by atoms with Crippen molar-refractivity contribution < 1.29 is 9.53 Å². The van der Waals surface area contributed by atoms with E-state index in [1.807, 2.05) is 0 Å². The van der Waals surface area contributed by atoms with Crippen LogP contribution in [-0.4, -0.2) is 12.6 Å². The zero-order chi connectivity index (χ0) is 9.68. The molecule has 0 heterocycles. The average molecular weight is 174 g/mol. The first-order valence-electron chi connectivity index (χ1n) is 4.01. The quantitative estimate of drug-likeness (QED) is 0.505. The molecular weight excluding hydrogens is 164 g/mol. The smallest absolute Gasteiger partial charge is 0.338 e. The topological polar surface area (TPSA) is 26.3 Å². The normalized spacial score (nSPS) is 8.92. The van der Waals surface area contributed by atoms with Crippen molar-refractivity contribution >= 4 is 5.97 Å². The molecule has 0 spiro atoms. The number of carbonyl (C=O) groups excluding carboxylic acids is 1. The first-order chi connectivity index (χ1) is 6.27. The lowest BCUT2D eigenvalue weighted by Crippen LogP contribution is -2.04. The Kier molecular flexibility index (Phi) is 3.10. The van der Waals surface area contributed by atoms with Crippen LogP contribution in [0.4, 0.5) is 0 Å². The standard InChI is InChI=1S/C11H10O2/c1-3-9-6-5-7-10(8-9)11(12)13-4-2/h1,5-8H,4H2,2H3. The van der Waals surface area contributed by atoms with Gasteiger partial charge in [0.1, 0.15) is 0 Å². The van der Waals surface area contributed by atoms with Crippen LogP contribution < -0.4 is 0 Å². The highest BCUT2D eigenvalue weighted by molar-refractivity contribution is 5.89. The fourth-order valence-electron chi connectivity index (χ4n) is 0.950. The van der Waals surface area contributed by atoms with Crippen LogP contribution in [0.15, 0.2) is 24.3 Å². The summed E-state index contributed by atoms with van der Waals surface area (Å²) in [5.41, 5.74) is 1.18. The first-order valence-corrected chi connectivity index (χ1v) is 4.01. The summed E-state index contributed by atoms with van der Waals surface area (Å²) in [4.78, 5) is 11.2. The van der Waals surface area contributed by atoms with Gasteiger partial charge < -0.3 is 4.74 Å². The molecule has 0 atom stereocenters. The van der Waals surface area contributed by atoms with Gasteiger partial charge >= 0.3 is 5.97 Å². The van der Waals surface area contributed by atoms with Crippen molar-refractivity contribution in [3.63, 3.8) is 0 Å². The molecule has 0 fully saturated rings. The van der Waals surface area contributed by atoms with Crippen LogP contribution >= 0.6 is 0 Å². The Morgan fingerprint density at radius 3 is 3.00 bits per heavy atom. The lowest BCUT2D eigenvalue weighted by atomic mass is 10.1. The van der Waals surface area contributed by atoms with E-state index < -0.39 is 0 Å². The number of carbonyl (C=O) groups is 1. The van der Waals surface area contributed by atoms with Gasteiger partial charge in [-0.1, -0.05) is 12.0 Å². The molecule has 13 heavy (non-hydrogen) atoms. The van der Waals surface area contributed by atoms with Crippen molar-refractivity contribution in [3.8, 4) is 12.3 Å². The molecule has 0 unspecified atom stereocenters. The third-order valence-electron chi connectivity index (χ3n) is 1.54. The van der Waals surface area contributed by atoms with E-state index in [9.17, 15) is 4.79 Å². The van der Waals surface area contributed by atoms with Crippen molar-refractivity contribution in [2.75, 3.05) is 6.61 Å². The van der Waals surface area contributed by atoms with Crippen molar-refractivity contribution in [2.24, 2.45) is 0 Å². The van der Waals surface area contributed by atoms with Gasteiger partial charge in [-0.2, -0.15) is 0 Å². The van der Waals surface area contributed by atoms with Crippen molar-refractivity contribution in [1.82, 2.24) is 0 Å². The predicted octanol–water partition coefficient (Wildman–Crippen LogP) is 1.84. The highest BCUT2D eigenvalue weighted by Crippen LogP contribution is 2.05. The highest BCUT2D eigenvalue weighted by Gasteiger charge is 2.05. The maximum atomic E-state index is 11.2. The number of hydrogen-bond acceptors (Lipinski definition) is 2. The molecule has 1 rings (SSSR count). The minimum Gasteiger partial charge on any atom is -0.462 e. The Bertz CT molecular complexity index is 347. The molecule has 1 aromatic carbocycles. The first kappa shape index (κ1) is 9.34. The molecule has 2 heteroatoms. The molecule has 0 aromatic heterocycles. The van der Waals surface area contributed by atoms with E-state index >= 15 is 0 Å². The molecule has 0 N–H and O–H groups in total.